The summed E-state index contributed by atoms with van der Waals surface area (Å²) < 4.78 is 11.7. The average Bonchev–Trinajstić information content (AvgIpc) is 3.15. The predicted molar refractivity (Wildman–Crippen MR) is 95.4 cm³/mol. The molecule has 4 aromatic heterocycles. The van der Waals surface area contributed by atoms with Crippen LogP contribution in [0.4, 0.5) is 5.82 Å². The van der Waals surface area contributed by atoms with Crippen molar-refractivity contribution in [2.24, 2.45) is 0 Å². The van der Waals surface area contributed by atoms with Crippen molar-refractivity contribution in [2.45, 2.75) is 13.8 Å². The summed E-state index contributed by atoms with van der Waals surface area (Å²) in [4.78, 5) is 0. The van der Waals surface area contributed by atoms with Crippen LogP contribution in [0.3, 0.4) is 0 Å². The Hall–Kier alpha value is -3.46. The van der Waals surface area contributed by atoms with E-state index < -0.39 is 0 Å². The highest BCUT2D eigenvalue weighted by Crippen LogP contribution is 2.32. The van der Waals surface area contributed by atoms with E-state index in [1.54, 1.807) is 7.11 Å². The van der Waals surface area contributed by atoms with Gasteiger partial charge in [0.25, 0.3) is 5.65 Å². The maximum atomic E-state index is 9.69. The lowest BCUT2D eigenvalue weighted by Gasteiger charge is -2.11. The SMILES string of the molecule is COc1ccc2c(c1C)[n+]1c(N)c(C#N)c3cc(C)c4ccn2n4c31. The second-order valence-electron chi connectivity index (χ2n) is 6.39. The molecule has 0 bridgehead atoms. The summed E-state index contributed by atoms with van der Waals surface area (Å²) in [5.74, 6) is 1.25. The van der Waals surface area contributed by atoms with Crippen molar-refractivity contribution in [3.05, 3.63) is 47.2 Å². The fraction of sp³-hybridized carbons (Fsp3) is 0.158. The number of aryl methyl sites for hydroxylation is 2. The van der Waals surface area contributed by atoms with Gasteiger partial charge < -0.3 is 10.5 Å². The van der Waals surface area contributed by atoms with Crippen LogP contribution in [0.25, 0.3) is 27.6 Å². The van der Waals surface area contributed by atoms with Crippen molar-refractivity contribution >= 4 is 33.4 Å². The Morgan fingerprint density at radius 3 is 2.72 bits per heavy atom. The van der Waals surface area contributed by atoms with Crippen LogP contribution in [0.1, 0.15) is 16.7 Å². The number of nitrogen functional groups attached to an aromatic ring is 1. The van der Waals surface area contributed by atoms with Crippen LogP contribution >= 0.6 is 0 Å². The molecule has 122 valence electrons. The van der Waals surface area contributed by atoms with Crippen molar-refractivity contribution < 1.29 is 9.14 Å². The van der Waals surface area contributed by atoms with Crippen LogP contribution in [-0.2, 0) is 0 Å². The number of benzene rings is 1. The molecule has 5 rings (SSSR count). The van der Waals surface area contributed by atoms with Crippen LogP contribution < -0.4 is 14.9 Å². The minimum Gasteiger partial charge on any atom is -0.496 e. The van der Waals surface area contributed by atoms with Gasteiger partial charge in [-0.05, 0) is 43.7 Å². The maximum absolute atomic E-state index is 9.69. The van der Waals surface area contributed by atoms with Crippen LogP contribution in [0, 0.1) is 25.2 Å². The average molecular weight is 330 g/mol. The number of methoxy groups -OCH3 is 1. The number of hydrogen-bond acceptors (Lipinski definition) is 3. The first kappa shape index (κ1) is 13.9. The molecule has 1 aromatic carbocycles. The highest BCUT2D eigenvalue weighted by molar-refractivity contribution is 5.92. The fourth-order valence-corrected chi connectivity index (χ4v) is 4.03. The van der Waals surface area contributed by atoms with Crippen molar-refractivity contribution in [3.8, 4) is 11.8 Å². The highest BCUT2D eigenvalue weighted by Gasteiger charge is 2.28. The molecule has 0 radical (unpaired) electrons. The van der Waals surface area contributed by atoms with E-state index in [-0.39, 0.29) is 0 Å². The summed E-state index contributed by atoms with van der Waals surface area (Å²) in [5, 5.41) is 10.6. The van der Waals surface area contributed by atoms with Crippen LogP contribution in [0.2, 0.25) is 0 Å². The number of hydrogen-bond donors (Lipinski definition) is 1. The fourth-order valence-electron chi connectivity index (χ4n) is 4.03. The maximum Gasteiger partial charge on any atom is 0.265 e. The lowest BCUT2D eigenvalue weighted by Crippen LogP contribution is -2.30. The summed E-state index contributed by atoms with van der Waals surface area (Å²) in [7, 11) is 1.66. The lowest BCUT2D eigenvalue weighted by atomic mass is 10.1. The first-order valence-corrected chi connectivity index (χ1v) is 8.03. The quantitative estimate of drug-likeness (QED) is 0.379. The first-order chi connectivity index (χ1) is 12.1. The van der Waals surface area contributed by atoms with Crippen molar-refractivity contribution in [2.75, 3.05) is 12.8 Å². The normalized spacial score (nSPS) is 11.9. The molecule has 0 amide bonds. The third-order valence-electron chi connectivity index (χ3n) is 5.16. The zero-order valence-corrected chi connectivity index (χ0v) is 14.2. The standard InChI is InChI=1S/C19H16N5O/c1-10-8-12-13(9-20)18(21)23-17-11(2)16(25-3)5-4-15(17)22-7-6-14(10)24(22)19(12)23/h4-8H,21H2,1-3H3/q+1. The van der Waals surface area contributed by atoms with Gasteiger partial charge in [0.1, 0.15) is 33.9 Å². The Balaban J connectivity index is 2.26. The molecule has 0 unspecified atom stereocenters. The molecule has 0 aliphatic heterocycles. The second-order valence-corrected chi connectivity index (χ2v) is 6.39. The molecular weight excluding hydrogens is 314 g/mol. The smallest absolute Gasteiger partial charge is 0.265 e. The van der Waals surface area contributed by atoms with E-state index in [1.165, 1.54) is 0 Å². The van der Waals surface area contributed by atoms with Gasteiger partial charge in [0.2, 0.25) is 5.82 Å². The largest absolute Gasteiger partial charge is 0.496 e. The summed E-state index contributed by atoms with van der Waals surface area (Å²) >= 11 is 0. The summed E-state index contributed by atoms with van der Waals surface area (Å²) in [6, 6.07) is 10.4. The molecule has 25 heavy (non-hydrogen) atoms. The van der Waals surface area contributed by atoms with E-state index in [9.17, 15) is 5.26 Å². The van der Waals surface area contributed by atoms with Crippen molar-refractivity contribution in [1.29, 1.82) is 5.26 Å². The molecule has 0 fully saturated rings. The Morgan fingerprint density at radius 1 is 1.20 bits per heavy atom. The molecule has 6 heteroatoms. The van der Waals surface area contributed by atoms with Gasteiger partial charge in [0.05, 0.1) is 12.5 Å². The molecular formula is C19H16N5O+. The third kappa shape index (κ3) is 1.42. The number of pyridine rings is 1. The van der Waals surface area contributed by atoms with Crippen molar-refractivity contribution in [1.82, 2.24) is 9.03 Å². The second kappa shape index (κ2) is 4.33. The molecule has 5 aromatic rings. The molecule has 0 saturated carbocycles. The molecule has 2 N–H and O–H groups in total. The number of fused-ring (bicyclic) bond motifs is 3. The number of ether oxygens (including phenoxy) is 1. The zero-order valence-electron chi connectivity index (χ0n) is 14.2. The van der Waals surface area contributed by atoms with Crippen LogP contribution in [0.5, 0.6) is 5.75 Å². The van der Waals surface area contributed by atoms with Gasteiger partial charge in [-0.25, -0.2) is 4.52 Å². The number of nitrogens with two attached hydrogens (primary N) is 1. The Bertz CT molecular complexity index is 1370. The van der Waals surface area contributed by atoms with Gasteiger partial charge in [-0.3, -0.25) is 0 Å². The zero-order chi connectivity index (χ0) is 17.5. The van der Waals surface area contributed by atoms with Crippen molar-refractivity contribution in [3.63, 3.8) is 0 Å². The lowest BCUT2D eigenvalue weighted by molar-refractivity contribution is -0.465. The third-order valence-corrected chi connectivity index (χ3v) is 5.16. The summed E-state index contributed by atoms with van der Waals surface area (Å²) in [6.07, 6.45) is 2.05. The number of nitriles is 1. The van der Waals surface area contributed by atoms with E-state index >= 15 is 0 Å². The monoisotopic (exact) mass is 330 g/mol. The van der Waals surface area contributed by atoms with Gasteiger partial charge in [0.15, 0.2) is 0 Å². The summed E-state index contributed by atoms with van der Waals surface area (Å²) in [6.45, 7) is 4.06. The Kier molecular flexibility index (Phi) is 2.42. The molecule has 0 aliphatic rings. The summed E-state index contributed by atoms with van der Waals surface area (Å²) in [5.41, 5.74) is 13.0. The molecule has 0 atom stereocenters. The van der Waals surface area contributed by atoms with E-state index in [4.69, 9.17) is 10.5 Å². The van der Waals surface area contributed by atoms with E-state index in [1.807, 2.05) is 35.7 Å². The molecule has 0 aliphatic carbocycles. The van der Waals surface area contributed by atoms with Gasteiger partial charge in [-0.15, -0.1) is 0 Å². The molecule has 6 nitrogen and oxygen atoms in total. The molecule has 0 saturated heterocycles. The van der Waals surface area contributed by atoms with Crippen LogP contribution in [-0.4, -0.2) is 16.1 Å². The van der Waals surface area contributed by atoms with Gasteiger partial charge in [-0.2, -0.15) is 14.2 Å². The van der Waals surface area contributed by atoms with E-state index in [0.717, 1.165) is 44.5 Å². The molecule has 4 heterocycles. The molecule has 0 spiro atoms. The van der Waals surface area contributed by atoms with Gasteiger partial charge in [-0.1, -0.05) is 0 Å². The topological polar surface area (TPSA) is 72.0 Å². The Labute approximate surface area is 143 Å². The Morgan fingerprint density at radius 2 is 2.00 bits per heavy atom. The van der Waals surface area contributed by atoms with E-state index in [2.05, 4.69) is 28.1 Å². The van der Waals surface area contributed by atoms with Crippen LogP contribution in [0.15, 0.2) is 30.5 Å². The first-order valence-electron chi connectivity index (χ1n) is 8.03. The highest BCUT2D eigenvalue weighted by atomic mass is 16.5. The predicted octanol–water partition coefficient (Wildman–Crippen LogP) is 2.60. The number of anilines is 1. The number of nitrogens with zero attached hydrogens (tertiary/aromatic N) is 4. The van der Waals surface area contributed by atoms with Gasteiger partial charge in [0, 0.05) is 11.8 Å². The minimum absolute atomic E-state index is 0.460. The van der Waals surface area contributed by atoms with E-state index in [0.29, 0.717) is 11.4 Å². The van der Waals surface area contributed by atoms with Gasteiger partial charge >= 0.3 is 0 Å². The number of rotatable bonds is 1. The number of aromatic nitrogens is 3. The minimum atomic E-state index is 0.460.